The Morgan fingerprint density at radius 1 is 1.37 bits per heavy atom. The molecule has 1 unspecified atom stereocenters. The molecule has 0 aliphatic carbocycles. The fraction of sp³-hybridized carbons (Fsp3) is 0.333. The van der Waals surface area contributed by atoms with Crippen LogP contribution in [-0.4, -0.2) is 43.9 Å². The van der Waals surface area contributed by atoms with E-state index in [1.807, 2.05) is 17.0 Å². The van der Waals surface area contributed by atoms with Crippen molar-refractivity contribution in [3.05, 3.63) is 30.9 Å². The second-order valence-electron chi connectivity index (χ2n) is 4.45. The normalized spacial score (nSPS) is 18.7. The van der Waals surface area contributed by atoms with Crippen molar-refractivity contribution in [3.63, 3.8) is 0 Å². The molecule has 2 aromatic rings. The summed E-state index contributed by atoms with van der Waals surface area (Å²) in [6.07, 6.45) is 5.60. The van der Waals surface area contributed by atoms with E-state index in [1.54, 1.807) is 17.1 Å². The first kappa shape index (κ1) is 11.6. The number of carboxylic acids is 1. The molecule has 0 saturated carbocycles. The summed E-state index contributed by atoms with van der Waals surface area (Å²) in [5.74, 6) is 0.352. The van der Waals surface area contributed by atoms with E-state index < -0.39 is 5.97 Å². The summed E-state index contributed by atoms with van der Waals surface area (Å²) in [4.78, 5) is 21.3. The van der Waals surface area contributed by atoms with E-state index in [0.29, 0.717) is 25.3 Å². The third-order valence-corrected chi connectivity index (χ3v) is 3.24. The molecule has 3 heterocycles. The average molecular weight is 259 g/mol. The third kappa shape index (κ3) is 2.26. The summed E-state index contributed by atoms with van der Waals surface area (Å²) in [6.45, 7) is 1.19. The molecule has 0 radical (unpaired) electrons. The number of aliphatic carboxylic acids is 1. The number of hydrogen-bond donors (Lipinski definition) is 1. The summed E-state index contributed by atoms with van der Waals surface area (Å²) in [5, 5.41) is 13.1. The fourth-order valence-electron chi connectivity index (χ4n) is 2.21. The van der Waals surface area contributed by atoms with Gasteiger partial charge in [0.05, 0.1) is 5.92 Å². The predicted molar refractivity (Wildman–Crippen MR) is 67.1 cm³/mol. The van der Waals surface area contributed by atoms with E-state index in [0.717, 1.165) is 5.82 Å². The minimum atomic E-state index is -0.746. The van der Waals surface area contributed by atoms with Crippen LogP contribution in [0.25, 0.3) is 5.82 Å². The van der Waals surface area contributed by atoms with Gasteiger partial charge in [0.1, 0.15) is 12.1 Å². The van der Waals surface area contributed by atoms with Crippen molar-refractivity contribution in [3.8, 4) is 5.82 Å². The lowest BCUT2D eigenvalue weighted by molar-refractivity contribution is -0.140. The Kier molecular flexibility index (Phi) is 2.86. The molecule has 1 fully saturated rings. The van der Waals surface area contributed by atoms with Crippen molar-refractivity contribution < 1.29 is 9.90 Å². The molecule has 1 aliphatic heterocycles. The van der Waals surface area contributed by atoms with Crippen molar-refractivity contribution in [1.29, 1.82) is 0 Å². The molecule has 19 heavy (non-hydrogen) atoms. The molecule has 1 N–H and O–H groups in total. The van der Waals surface area contributed by atoms with Gasteiger partial charge in [0, 0.05) is 31.5 Å². The Labute approximate surface area is 109 Å². The molecule has 1 saturated heterocycles. The van der Waals surface area contributed by atoms with Crippen LogP contribution in [0.15, 0.2) is 30.9 Å². The van der Waals surface area contributed by atoms with E-state index in [4.69, 9.17) is 5.11 Å². The quantitative estimate of drug-likeness (QED) is 0.867. The largest absolute Gasteiger partial charge is 0.481 e. The van der Waals surface area contributed by atoms with Gasteiger partial charge in [0.25, 0.3) is 0 Å². The number of nitrogens with zero attached hydrogens (tertiary/aromatic N) is 5. The lowest BCUT2D eigenvalue weighted by atomic mass is 10.1. The molecular weight excluding hydrogens is 246 g/mol. The molecule has 7 nitrogen and oxygen atoms in total. The maximum Gasteiger partial charge on any atom is 0.308 e. The van der Waals surface area contributed by atoms with Crippen molar-refractivity contribution in [2.24, 2.45) is 5.92 Å². The Balaban J connectivity index is 1.83. The molecule has 2 aromatic heterocycles. The lowest BCUT2D eigenvalue weighted by Gasteiger charge is -2.16. The van der Waals surface area contributed by atoms with Crippen LogP contribution in [-0.2, 0) is 4.79 Å². The monoisotopic (exact) mass is 259 g/mol. The van der Waals surface area contributed by atoms with E-state index >= 15 is 0 Å². The summed E-state index contributed by atoms with van der Waals surface area (Å²) in [7, 11) is 0. The van der Waals surface area contributed by atoms with Gasteiger partial charge >= 0.3 is 5.97 Å². The van der Waals surface area contributed by atoms with Crippen LogP contribution in [0.2, 0.25) is 0 Å². The average Bonchev–Trinajstić information content (AvgIpc) is 3.10. The Morgan fingerprint density at radius 2 is 2.21 bits per heavy atom. The molecule has 1 atom stereocenters. The second kappa shape index (κ2) is 4.68. The van der Waals surface area contributed by atoms with Crippen LogP contribution < -0.4 is 4.90 Å². The molecule has 0 amide bonds. The summed E-state index contributed by atoms with van der Waals surface area (Å²) in [6, 6.07) is 3.63. The van der Waals surface area contributed by atoms with Crippen LogP contribution >= 0.6 is 0 Å². The van der Waals surface area contributed by atoms with E-state index in [2.05, 4.69) is 15.1 Å². The van der Waals surface area contributed by atoms with Crippen LogP contribution in [0.1, 0.15) is 6.42 Å². The first-order valence-electron chi connectivity index (χ1n) is 6.04. The van der Waals surface area contributed by atoms with Gasteiger partial charge in [-0.25, -0.2) is 14.6 Å². The molecule has 7 heteroatoms. The topological polar surface area (TPSA) is 84.1 Å². The fourth-order valence-corrected chi connectivity index (χ4v) is 2.21. The summed E-state index contributed by atoms with van der Waals surface area (Å²) < 4.78 is 1.65. The number of anilines is 1. The zero-order valence-electron chi connectivity index (χ0n) is 10.2. The van der Waals surface area contributed by atoms with Gasteiger partial charge in [-0.2, -0.15) is 5.10 Å². The molecule has 1 aliphatic rings. The number of rotatable bonds is 3. The summed E-state index contributed by atoms with van der Waals surface area (Å²) >= 11 is 0. The molecule has 0 aromatic carbocycles. The second-order valence-corrected chi connectivity index (χ2v) is 4.45. The van der Waals surface area contributed by atoms with Crippen LogP contribution in [0.5, 0.6) is 0 Å². The molecule has 98 valence electrons. The number of hydrogen-bond acceptors (Lipinski definition) is 5. The zero-order valence-corrected chi connectivity index (χ0v) is 10.2. The third-order valence-electron chi connectivity index (χ3n) is 3.24. The highest BCUT2D eigenvalue weighted by atomic mass is 16.4. The highest BCUT2D eigenvalue weighted by Crippen LogP contribution is 2.22. The minimum absolute atomic E-state index is 0.317. The highest BCUT2D eigenvalue weighted by Gasteiger charge is 2.28. The van der Waals surface area contributed by atoms with Gasteiger partial charge < -0.3 is 10.0 Å². The first-order valence-corrected chi connectivity index (χ1v) is 6.04. The maximum atomic E-state index is 11.0. The minimum Gasteiger partial charge on any atom is -0.481 e. The Bertz CT molecular complexity index is 584. The van der Waals surface area contributed by atoms with E-state index in [9.17, 15) is 4.79 Å². The van der Waals surface area contributed by atoms with Crippen molar-refractivity contribution in [1.82, 2.24) is 19.7 Å². The van der Waals surface area contributed by atoms with Gasteiger partial charge in [-0.05, 0) is 12.5 Å². The zero-order chi connectivity index (χ0) is 13.2. The van der Waals surface area contributed by atoms with Gasteiger partial charge in [-0.3, -0.25) is 4.79 Å². The smallest absolute Gasteiger partial charge is 0.308 e. The van der Waals surface area contributed by atoms with Crippen molar-refractivity contribution >= 4 is 11.8 Å². The molecule has 0 spiro atoms. The molecule has 0 bridgehead atoms. The molecular formula is C12H13N5O2. The van der Waals surface area contributed by atoms with E-state index in [-0.39, 0.29) is 5.92 Å². The maximum absolute atomic E-state index is 11.0. The van der Waals surface area contributed by atoms with E-state index in [1.165, 1.54) is 6.33 Å². The van der Waals surface area contributed by atoms with Crippen LogP contribution in [0, 0.1) is 5.92 Å². The van der Waals surface area contributed by atoms with Crippen molar-refractivity contribution in [2.45, 2.75) is 6.42 Å². The van der Waals surface area contributed by atoms with Gasteiger partial charge in [0.2, 0.25) is 0 Å². The number of carbonyl (C=O) groups is 1. The lowest BCUT2D eigenvalue weighted by Crippen LogP contribution is -2.23. The SMILES string of the molecule is O=C(O)C1CCN(c2cc(-n3cccn3)ncn2)C1. The predicted octanol–water partition coefficient (Wildman–Crippen LogP) is 0.573. The highest BCUT2D eigenvalue weighted by molar-refractivity contribution is 5.71. The number of aromatic nitrogens is 4. The first-order chi connectivity index (χ1) is 9.24. The number of carboxylic acid groups (broad SMARTS) is 1. The van der Waals surface area contributed by atoms with Gasteiger partial charge in [-0.15, -0.1) is 0 Å². The van der Waals surface area contributed by atoms with Crippen molar-refractivity contribution in [2.75, 3.05) is 18.0 Å². The van der Waals surface area contributed by atoms with Crippen LogP contribution in [0.4, 0.5) is 5.82 Å². The van der Waals surface area contributed by atoms with Gasteiger partial charge in [0.15, 0.2) is 5.82 Å². The molecule has 3 rings (SSSR count). The standard InChI is InChI=1S/C12H13N5O2/c18-12(19)9-2-5-16(7-9)10-6-11(14-8-13-10)17-4-1-3-15-17/h1,3-4,6,8-9H,2,5,7H2,(H,18,19). The summed E-state index contributed by atoms with van der Waals surface area (Å²) in [5.41, 5.74) is 0. The van der Waals surface area contributed by atoms with Crippen LogP contribution in [0.3, 0.4) is 0 Å². The Hall–Kier alpha value is -2.44. The Morgan fingerprint density at radius 3 is 2.89 bits per heavy atom. The van der Waals surface area contributed by atoms with Gasteiger partial charge in [-0.1, -0.05) is 0 Å².